The second-order valence-corrected chi connectivity index (χ2v) is 13.5. The van der Waals surface area contributed by atoms with Crippen molar-refractivity contribution in [3.63, 3.8) is 0 Å². The monoisotopic (exact) mass is 776 g/mol. The quantitative estimate of drug-likeness (QED) is 0.0406. The van der Waals surface area contributed by atoms with Crippen LogP contribution >= 0.6 is 0 Å². The van der Waals surface area contributed by atoms with Gasteiger partial charge in [-0.3, -0.25) is 4.79 Å². The fourth-order valence-electron chi connectivity index (χ4n) is 6.49. The zero-order valence-corrected chi connectivity index (χ0v) is 29.4. The first-order valence-corrected chi connectivity index (χ1v) is 17.9. The minimum absolute atomic E-state index is 0.216. The number of methoxy groups -OCH3 is 1. The number of aliphatic hydroxyl groups excluding tert-OH is 11. The average Bonchev–Trinajstić information content (AvgIpc) is 3.61. The van der Waals surface area contributed by atoms with Gasteiger partial charge in [-0.2, -0.15) is 0 Å². The van der Waals surface area contributed by atoms with Crippen LogP contribution in [0, 0.1) is 0 Å². The van der Waals surface area contributed by atoms with Crippen molar-refractivity contribution >= 4 is 5.97 Å². The molecule has 0 bridgehead atoms. The van der Waals surface area contributed by atoms with Crippen LogP contribution in [0.25, 0.3) is 0 Å². The third kappa shape index (κ3) is 11.2. The van der Waals surface area contributed by atoms with Gasteiger partial charge in [-0.1, -0.05) is 25.7 Å². The Morgan fingerprint density at radius 2 is 0.925 bits per heavy atom. The molecule has 11 N–H and O–H groups in total. The molecule has 0 amide bonds. The van der Waals surface area contributed by atoms with Gasteiger partial charge in [0.15, 0.2) is 25.2 Å². The number of hydrogen-bond acceptors (Lipinski definition) is 21. The molecule has 310 valence electrons. The molecule has 0 radical (unpaired) electrons. The Bertz CT molecular complexity index is 1070. The lowest BCUT2D eigenvalue weighted by atomic mass is 9.97. The first kappa shape index (κ1) is 44.4. The molecule has 4 aliphatic heterocycles. The zero-order valence-electron chi connectivity index (χ0n) is 29.4. The van der Waals surface area contributed by atoms with E-state index in [2.05, 4.69) is 4.74 Å². The summed E-state index contributed by atoms with van der Waals surface area (Å²) in [5.74, 6) is -0.242. The largest absolute Gasteiger partial charge is 0.469 e. The van der Waals surface area contributed by atoms with Crippen molar-refractivity contribution in [3.8, 4) is 0 Å². The van der Waals surface area contributed by atoms with Gasteiger partial charge in [-0.15, -0.1) is 0 Å². The van der Waals surface area contributed by atoms with E-state index in [1.807, 2.05) is 0 Å². The maximum absolute atomic E-state index is 11.2. The Hall–Kier alpha value is -1.29. The molecule has 0 aromatic rings. The van der Waals surface area contributed by atoms with Gasteiger partial charge < -0.3 is 98.8 Å². The van der Waals surface area contributed by atoms with Crippen molar-refractivity contribution in [3.05, 3.63) is 0 Å². The molecular formula is C32H56O21. The Kier molecular flexibility index (Phi) is 17.8. The first-order valence-electron chi connectivity index (χ1n) is 17.9. The molecule has 21 heteroatoms. The van der Waals surface area contributed by atoms with Gasteiger partial charge in [-0.05, 0) is 12.8 Å². The van der Waals surface area contributed by atoms with Crippen LogP contribution in [0.5, 0.6) is 0 Å². The van der Waals surface area contributed by atoms with Crippen molar-refractivity contribution < 1.29 is 104 Å². The second kappa shape index (κ2) is 21.3. The van der Waals surface area contributed by atoms with E-state index in [-0.39, 0.29) is 12.6 Å². The molecule has 4 aliphatic rings. The summed E-state index contributed by atoms with van der Waals surface area (Å²) in [4.78, 5) is 11.2. The minimum Gasteiger partial charge on any atom is -0.469 e. The lowest BCUT2D eigenvalue weighted by molar-refractivity contribution is -0.369. The van der Waals surface area contributed by atoms with Crippen LogP contribution in [0.2, 0.25) is 0 Å². The molecule has 4 saturated heterocycles. The van der Waals surface area contributed by atoms with Gasteiger partial charge in [0.2, 0.25) is 0 Å². The Morgan fingerprint density at radius 3 is 1.51 bits per heavy atom. The Morgan fingerprint density at radius 1 is 0.491 bits per heavy atom. The zero-order chi connectivity index (χ0) is 38.8. The third-order valence-corrected chi connectivity index (χ3v) is 9.76. The molecule has 0 saturated carbocycles. The predicted octanol–water partition coefficient (Wildman–Crippen LogP) is -5.54. The number of esters is 1. The highest BCUT2D eigenvalue weighted by Crippen LogP contribution is 2.33. The van der Waals surface area contributed by atoms with Crippen molar-refractivity contribution in [2.75, 3.05) is 40.1 Å². The van der Waals surface area contributed by atoms with E-state index in [0.29, 0.717) is 12.8 Å². The van der Waals surface area contributed by atoms with Gasteiger partial charge in [-0.25, -0.2) is 0 Å². The number of aliphatic hydroxyl groups is 11. The summed E-state index contributed by atoms with van der Waals surface area (Å²) < 4.78 is 49.8. The number of unbranched alkanes of at least 4 members (excludes halogenated alkanes) is 5. The summed E-state index contributed by atoms with van der Waals surface area (Å²) >= 11 is 0. The van der Waals surface area contributed by atoms with E-state index in [9.17, 15) is 61.0 Å². The van der Waals surface area contributed by atoms with Crippen molar-refractivity contribution in [2.24, 2.45) is 0 Å². The van der Waals surface area contributed by atoms with E-state index in [1.54, 1.807) is 0 Å². The fraction of sp³-hybridized carbons (Fsp3) is 0.969. The molecule has 0 aromatic heterocycles. The van der Waals surface area contributed by atoms with Crippen molar-refractivity contribution in [1.29, 1.82) is 0 Å². The summed E-state index contributed by atoms with van der Waals surface area (Å²) in [6, 6.07) is 0. The molecular weight excluding hydrogens is 720 g/mol. The van der Waals surface area contributed by atoms with Gasteiger partial charge in [0.1, 0.15) is 85.5 Å². The number of rotatable bonds is 20. The molecule has 18 atom stereocenters. The normalized spacial score (nSPS) is 43.3. The predicted molar refractivity (Wildman–Crippen MR) is 170 cm³/mol. The summed E-state index contributed by atoms with van der Waals surface area (Å²) in [5, 5.41) is 113. The number of carbonyl (C=O) groups excluding carboxylic acids is 1. The second-order valence-electron chi connectivity index (χ2n) is 13.5. The highest BCUT2D eigenvalue weighted by molar-refractivity contribution is 5.68. The Labute approximate surface area is 305 Å². The molecule has 0 aromatic carbocycles. The van der Waals surface area contributed by atoms with Crippen molar-refractivity contribution in [2.45, 2.75) is 156 Å². The number of ether oxygens (including phenoxy) is 9. The highest BCUT2D eigenvalue weighted by Gasteiger charge is 2.53. The SMILES string of the molecule is COC(=O)CCCCCCCCO[C@H]1O[C@H](CO)[C@@H](O)[C@@H]1O[C@@H]1O[C@H](CO[C@H]2O[C@H](CO)[C@@H](O)[C@H](O)[C@@H]2O[C@H]2O[C@H](CO)[C@@H](O)[C@H](O)[C@@H]2O)[C@@H](O)[C@@H]1O. The van der Waals surface area contributed by atoms with Crippen LogP contribution < -0.4 is 0 Å². The number of hydrogen-bond donors (Lipinski definition) is 11. The molecule has 4 heterocycles. The summed E-state index contributed by atoms with van der Waals surface area (Å²) in [5.41, 5.74) is 0. The smallest absolute Gasteiger partial charge is 0.305 e. The van der Waals surface area contributed by atoms with Crippen LogP contribution in [0.15, 0.2) is 0 Å². The summed E-state index contributed by atoms with van der Waals surface area (Å²) in [6.45, 7) is -2.48. The van der Waals surface area contributed by atoms with E-state index in [0.717, 1.165) is 32.1 Å². The topological polar surface area (TPSA) is 323 Å². The summed E-state index contributed by atoms with van der Waals surface area (Å²) in [6.07, 6.45) is -22.7. The summed E-state index contributed by atoms with van der Waals surface area (Å²) in [7, 11) is 1.35. The van der Waals surface area contributed by atoms with E-state index in [1.165, 1.54) is 7.11 Å². The van der Waals surface area contributed by atoms with Crippen molar-refractivity contribution in [1.82, 2.24) is 0 Å². The van der Waals surface area contributed by atoms with Crippen LogP contribution in [-0.4, -0.2) is 213 Å². The van der Waals surface area contributed by atoms with Crippen LogP contribution in [0.1, 0.15) is 44.9 Å². The molecule has 0 unspecified atom stereocenters. The standard InChI is InChI=1S/C32H56O21/c1-45-18(36)8-6-4-2-3-5-7-9-46-31-27(22(40)16(12-35)50-31)52-29-25(43)21(39)17(51-29)13-47-32-28(24(42)20(38)15(11-34)49-32)53-30-26(44)23(41)19(37)14(10-33)48-30/h14-17,19-35,37-44H,2-13H2,1H3/t14-,15-,16-,17-,19-,20-,21-,22-,23+,24+,25+,26+,27+,28+,29+,30-,31+,32+/m1/s1. The highest BCUT2D eigenvalue weighted by atomic mass is 16.8. The van der Waals surface area contributed by atoms with E-state index >= 15 is 0 Å². The molecule has 4 rings (SSSR count). The molecule has 4 fully saturated rings. The molecule has 0 aliphatic carbocycles. The lowest BCUT2D eigenvalue weighted by Crippen LogP contribution is -2.64. The van der Waals surface area contributed by atoms with Crippen LogP contribution in [-0.2, 0) is 47.4 Å². The van der Waals surface area contributed by atoms with Gasteiger partial charge in [0, 0.05) is 13.0 Å². The van der Waals surface area contributed by atoms with E-state index < -0.39 is 137 Å². The first-order chi connectivity index (χ1) is 25.4. The lowest BCUT2D eigenvalue weighted by Gasteiger charge is -2.46. The fourth-order valence-corrected chi connectivity index (χ4v) is 6.49. The third-order valence-electron chi connectivity index (χ3n) is 9.76. The molecule has 0 spiro atoms. The average molecular weight is 777 g/mol. The van der Waals surface area contributed by atoms with Gasteiger partial charge in [0.25, 0.3) is 0 Å². The van der Waals surface area contributed by atoms with E-state index in [4.69, 9.17) is 37.9 Å². The maximum Gasteiger partial charge on any atom is 0.305 e. The Balaban J connectivity index is 1.31. The minimum atomic E-state index is -1.88. The molecule has 53 heavy (non-hydrogen) atoms. The van der Waals surface area contributed by atoms with Gasteiger partial charge >= 0.3 is 5.97 Å². The van der Waals surface area contributed by atoms with Crippen LogP contribution in [0.4, 0.5) is 0 Å². The maximum atomic E-state index is 11.2. The van der Waals surface area contributed by atoms with Crippen LogP contribution in [0.3, 0.4) is 0 Å². The molecule has 21 nitrogen and oxygen atoms in total. The number of carbonyl (C=O) groups is 1. The van der Waals surface area contributed by atoms with Gasteiger partial charge in [0.05, 0.1) is 33.5 Å².